The van der Waals surface area contributed by atoms with E-state index >= 15 is 0 Å². The van der Waals surface area contributed by atoms with Crippen LogP contribution in [0.5, 0.6) is 5.75 Å². The summed E-state index contributed by atoms with van der Waals surface area (Å²) in [6.45, 7) is 3.38. The number of anilines is 1. The van der Waals surface area contributed by atoms with Gasteiger partial charge < -0.3 is 15.8 Å². The smallest absolute Gasteiger partial charge is 0.252 e. The summed E-state index contributed by atoms with van der Waals surface area (Å²) >= 11 is 0. The first-order chi connectivity index (χ1) is 14.2. The van der Waals surface area contributed by atoms with E-state index in [2.05, 4.69) is 58.7 Å². The van der Waals surface area contributed by atoms with Crippen LogP contribution in [0.4, 0.5) is 5.69 Å². The van der Waals surface area contributed by atoms with Crippen molar-refractivity contribution in [1.82, 2.24) is 4.90 Å². The third kappa shape index (κ3) is 6.09. The highest BCUT2D eigenvalue weighted by Gasteiger charge is 2.10. The number of primary amides is 1. The van der Waals surface area contributed by atoms with E-state index in [1.807, 2.05) is 18.2 Å². The summed E-state index contributed by atoms with van der Waals surface area (Å²) in [5.41, 5.74) is 9.23. The van der Waals surface area contributed by atoms with Gasteiger partial charge in [0.25, 0.3) is 5.91 Å². The van der Waals surface area contributed by atoms with Gasteiger partial charge in [0.1, 0.15) is 5.75 Å². The molecule has 5 heteroatoms. The number of amides is 1. The molecule has 0 bridgehead atoms. The highest BCUT2D eigenvalue weighted by molar-refractivity contribution is 5.96. The van der Waals surface area contributed by atoms with Gasteiger partial charge in [0, 0.05) is 37.9 Å². The molecule has 0 aliphatic heterocycles. The van der Waals surface area contributed by atoms with Crippen molar-refractivity contribution in [3.8, 4) is 5.75 Å². The predicted molar refractivity (Wildman–Crippen MR) is 117 cm³/mol. The van der Waals surface area contributed by atoms with E-state index in [9.17, 15) is 4.79 Å². The molecule has 0 aliphatic rings. The van der Waals surface area contributed by atoms with Crippen molar-refractivity contribution in [1.29, 1.82) is 0 Å². The molecule has 0 aromatic heterocycles. The van der Waals surface area contributed by atoms with Crippen molar-refractivity contribution in [2.24, 2.45) is 5.73 Å². The van der Waals surface area contributed by atoms with Gasteiger partial charge in [0.15, 0.2) is 0 Å². The zero-order valence-corrected chi connectivity index (χ0v) is 16.7. The third-order valence-electron chi connectivity index (χ3n) is 4.72. The second-order valence-electron chi connectivity index (χ2n) is 6.89. The van der Waals surface area contributed by atoms with Crippen LogP contribution >= 0.6 is 0 Å². The lowest BCUT2D eigenvalue weighted by atomic mass is 10.1. The van der Waals surface area contributed by atoms with Crippen LogP contribution in [0.1, 0.15) is 21.5 Å². The number of nitrogens with one attached hydrogen (secondary N) is 1. The molecule has 0 saturated heterocycles. The second kappa shape index (κ2) is 10.3. The van der Waals surface area contributed by atoms with E-state index in [1.165, 1.54) is 18.2 Å². The Bertz CT molecular complexity index is 872. The van der Waals surface area contributed by atoms with Gasteiger partial charge in [-0.3, -0.25) is 9.69 Å². The molecule has 0 unspecified atom stereocenters. The zero-order valence-electron chi connectivity index (χ0n) is 16.7. The fourth-order valence-electron chi connectivity index (χ4n) is 3.26. The van der Waals surface area contributed by atoms with Crippen LogP contribution in [0.2, 0.25) is 0 Å². The molecule has 3 aromatic carbocycles. The highest BCUT2D eigenvalue weighted by Crippen LogP contribution is 2.22. The molecule has 29 heavy (non-hydrogen) atoms. The van der Waals surface area contributed by atoms with Gasteiger partial charge in [0.05, 0.1) is 12.7 Å². The van der Waals surface area contributed by atoms with Crippen molar-refractivity contribution < 1.29 is 9.53 Å². The number of ether oxygens (including phenoxy) is 1. The maximum Gasteiger partial charge on any atom is 0.252 e. The molecular weight excluding hydrogens is 362 g/mol. The van der Waals surface area contributed by atoms with Crippen molar-refractivity contribution in [2.45, 2.75) is 13.1 Å². The molecule has 0 saturated carbocycles. The number of hydrogen-bond donors (Lipinski definition) is 2. The van der Waals surface area contributed by atoms with Crippen molar-refractivity contribution in [3.63, 3.8) is 0 Å². The predicted octanol–water partition coefficient (Wildman–Crippen LogP) is 3.91. The minimum absolute atomic E-state index is 0.382. The topological polar surface area (TPSA) is 67.6 Å². The Kier molecular flexibility index (Phi) is 7.25. The number of carbonyl (C=O) groups excluding carboxylic acids is 1. The van der Waals surface area contributed by atoms with Gasteiger partial charge in [-0.25, -0.2) is 0 Å². The van der Waals surface area contributed by atoms with Gasteiger partial charge in [-0.15, -0.1) is 0 Å². The molecule has 1 amide bonds. The minimum Gasteiger partial charge on any atom is -0.496 e. The Morgan fingerprint density at radius 3 is 2.03 bits per heavy atom. The number of hydrogen-bond acceptors (Lipinski definition) is 4. The summed E-state index contributed by atoms with van der Waals surface area (Å²) in [6.07, 6.45) is 0. The van der Waals surface area contributed by atoms with Gasteiger partial charge in [0.2, 0.25) is 0 Å². The lowest BCUT2D eigenvalue weighted by Crippen LogP contribution is -2.28. The number of rotatable bonds is 10. The van der Waals surface area contributed by atoms with Gasteiger partial charge in [-0.1, -0.05) is 60.7 Å². The SMILES string of the molecule is COc1cc(NCCN(Cc2ccccc2)Cc2ccccc2)ccc1C(N)=O. The van der Waals surface area contributed by atoms with E-state index in [4.69, 9.17) is 10.5 Å². The van der Waals surface area contributed by atoms with Crippen LogP contribution in [0.25, 0.3) is 0 Å². The van der Waals surface area contributed by atoms with Crippen molar-refractivity contribution >= 4 is 11.6 Å². The van der Waals surface area contributed by atoms with E-state index < -0.39 is 5.91 Å². The average Bonchev–Trinajstić information content (AvgIpc) is 2.75. The summed E-state index contributed by atoms with van der Waals surface area (Å²) in [6, 6.07) is 26.3. The fourth-order valence-corrected chi connectivity index (χ4v) is 3.26. The maximum atomic E-state index is 11.5. The molecule has 0 heterocycles. The highest BCUT2D eigenvalue weighted by atomic mass is 16.5. The number of nitrogens with two attached hydrogens (primary N) is 1. The molecule has 0 spiro atoms. The molecule has 3 N–H and O–H groups in total. The van der Waals surface area contributed by atoms with E-state index in [0.717, 1.165) is 31.9 Å². The Morgan fingerprint density at radius 2 is 1.52 bits per heavy atom. The van der Waals surface area contributed by atoms with Crippen LogP contribution in [-0.4, -0.2) is 31.0 Å². The molecular formula is C24H27N3O2. The number of carbonyl (C=O) groups is 1. The summed E-state index contributed by atoms with van der Waals surface area (Å²) < 4.78 is 5.28. The van der Waals surface area contributed by atoms with Crippen LogP contribution < -0.4 is 15.8 Å². The summed E-state index contributed by atoms with van der Waals surface area (Å²) in [5.74, 6) is -0.0155. The van der Waals surface area contributed by atoms with Crippen LogP contribution in [0.15, 0.2) is 78.9 Å². The molecule has 150 valence electrons. The first kappa shape index (κ1) is 20.4. The summed E-state index contributed by atoms with van der Waals surface area (Å²) in [7, 11) is 1.53. The minimum atomic E-state index is -0.495. The average molecular weight is 389 g/mol. The third-order valence-corrected chi connectivity index (χ3v) is 4.72. The Balaban J connectivity index is 1.64. The number of nitrogens with zero attached hydrogens (tertiary/aromatic N) is 1. The fraction of sp³-hybridized carbons (Fsp3) is 0.208. The second-order valence-corrected chi connectivity index (χ2v) is 6.89. The number of methoxy groups -OCH3 is 1. The molecule has 0 fully saturated rings. The number of benzene rings is 3. The van der Waals surface area contributed by atoms with E-state index in [1.54, 1.807) is 12.1 Å². The molecule has 0 atom stereocenters. The Labute approximate surface area is 172 Å². The van der Waals surface area contributed by atoms with Crippen LogP contribution in [0.3, 0.4) is 0 Å². The van der Waals surface area contributed by atoms with Crippen LogP contribution in [-0.2, 0) is 13.1 Å². The van der Waals surface area contributed by atoms with Crippen molar-refractivity contribution in [2.75, 3.05) is 25.5 Å². The maximum absolute atomic E-state index is 11.5. The monoisotopic (exact) mass is 389 g/mol. The molecule has 0 aliphatic carbocycles. The quantitative estimate of drug-likeness (QED) is 0.552. The largest absolute Gasteiger partial charge is 0.496 e. The van der Waals surface area contributed by atoms with Gasteiger partial charge in [-0.2, -0.15) is 0 Å². The first-order valence-corrected chi connectivity index (χ1v) is 9.67. The lowest BCUT2D eigenvalue weighted by molar-refractivity contribution is 0.0997. The first-order valence-electron chi connectivity index (χ1n) is 9.67. The normalized spacial score (nSPS) is 10.7. The summed E-state index contributed by atoms with van der Waals surface area (Å²) in [4.78, 5) is 13.9. The molecule has 3 aromatic rings. The van der Waals surface area contributed by atoms with E-state index in [-0.39, 0.29) is 0 Å². The molecule has 0 radical (unpaired) electrons. The van der Waals surface area contributed by atoms with Gasteiger partial charge >= 0.3 is 0 Å². The van der Waals surface area contributed by atoms with E-state index in [0.29, 0.717) is 11.3 Å². The zero-order chi connectivity index (χ0) is 20.5. The molecule has 5 nitrogen and oxygen atoms in total. The standard InChI is InChI=1S/C24H27N3O2/c1-29-23-16-21(12-13-22(23)24(25)28)26-14-15-27(17-19-8-4-2-5-9-19)18-20-10-6-3-7-11-20/h2-13,16,26H,14-15,17-18H2,1H3,(H2,25,28). The Morgan fingerprint density at radius 1 is 0.931 bits per heavy atom. The lowest BCUT2D eigenvalue weighted by Gasteiger charge is -2.23. The van der Waals surface area contributed by atoms with Gasteiger partial charge in [-0.05, 0) is 23.3 Å². The summed E-state index contributed by atoms with van der Waals surface area (Å²) in [5, 5.41) is 3.41. The Hall–Kier alpha value is -3.31. The molecule has 3 rings (SSSR count). The van der Waals surface area contributed by atoms with Crippen LogP contribution in [0, 0.1) is 0 Å². The van der Waals surface area contributed by atoms with Crippen molar-refractivity contribution in [3.05, 3.63) is 95.6 Å².